The lowest BCUT2D eigenvalue weighted by Gasteiger charge is -2.36. The summed E-state index contributed by atoms with van der Waals surface area (Å²) in [5.41, 5.74) is 0. The summed E-state index contributed by atoms with van der Waals surface area (Å²) < 4.78 is 22.2. The van der Waals surface area contributed by atoms with Crippen molar-refractivity contribution in [3.05, 3.63) is 0 Å². The van der Waals surface area contributed by atoms with Crippen molar-refractivity contribution in [1.82, 2.24) is 0 Å². The Labute approximate surface area is 105 Å². The van der Waals surface area contributed by atoms with E-state index in [4.69, 9.17) is 24.1 Å². The van der Waals surface area contributed by atoms with Gasteiger partial charge >= 0.3 is 5.97 Å². The summed E-state index contributed by atoms with van der Waals surface area (Å²) in [5, 5.41) is 7.00. The minimum absolute atomic E-state index is 0.248. The summed E-state index contributed by atoms with van der Waals surface area (Å²) in [4.78, 5) is 0. The molecule has 17 heavy (non-hydrogen) atoms. The van der Waals surface area contributed by atoms with E-state index in [0.29, 0.717) is 26.4 Å². The fourth-order valence-corrected chi connectivity index (χ4v) is 1.43. The molecule has 1 unspecified atom stereocenters. The monoisotopic (exact) mass is 252 g/mol. The van der Waals surface area contributed by atoms with E-state index >= 15 is 0 Å². The number of aliphatic hydroxyl groups excluding tert-OH is 1. The van der Waals surface area contributed by atoms with Gasteiger partial charge in [-0.1, -0.05) is 0 Å². The molecule has 0 bridgehead atoms. The molecule has 0 aliphatic carbocycles. The molecule has 0 aliphatic rings. The quantitative estimate of drug-likeness (QED) is 0.634. The Morgan fingerprint density at radius 3 is 1.41 bits per heavy atom. The zero-order valence-corrected chi connectivity index (χ0v) is 12.0. The average molecular weight is 252 g/mol. The molecule has 0 aromatic carbocycles. The Morgan fingerprint density at radius 2 is 1.18 bits per heavy atom. The molecule has 0 saturated heterocycles. The molecule has 106 valence electrons. The van der Waals surface area contributed by atoms with Crippen molar-refractivity contribution < 1.29 is 24.1 Å². The summed E-state index contributed by atoms with van der Waals surface area (Å²) in [6.45, 7) is 11.7. The van der Waals surface area contributed by atoms with Crippen LogP contribution in [0.5, 0.6) is 0 Å². The first-order valence-electron chi connectivity index (χ1n) is 6.14. The van der Waals surface area contributed by atoms with Crippen molar-refractivity contribution in [3.8, 4) is 0 Å². The molecule has 0 rings (SSSR count). The predicted molar refractivity (Wildman–Crippen MR) is 66.8 cm³/mol. The third kappa shape index (κ3) is 6.95. The molecular formula is C12H28O5. The van der Waals surface area contributed by atoms with Gasteiger partial charge in [0.2, 0.25) is 0 Å². The topological polar surface area (TPSA) is 57.2 Å². The highest BCUT2D eigenvalue weighted by atomic mass is 16.9. The molecule has 1 atom stereocenters. The number of hydrogen-bond acceptors (Lipinski definition) is 5. The van der Waals surface area contributed by atoms with Crippen LogP contribution >= 0.6 is 0 Å². The first-order chi connectivity index (χ1) is 8.16. The lowest BCUT2D eigenvalue weighted by atomic mass is 10.3. The van der Waals surface area contributed by atoms with Gasteiger partial charge in [0.25, 0.3) is 0 Å². The van der Waals surface area contributed by atoms with E-state index in [1.54, 1.807) is 0 Å². The van der Waals surface area contributed by atoms with Crippen LogP contribution < -0.4 is 0 Å². The normalized spacial score (nSPS) is 12.9. The van der Waals surface area contributed by atoms with Gasteiger partial charge in [0.1, 0.15) is 6.10 Å². The highest BCUT2D eigenvalue weighted by Crippen LogP contribution is 2.22. The largest absolute Gasteiger partial charge is 0.400 e. The molecule has 0 aliphatic heterocycles. The van der Waals surface area contributed by atoms with Crippen molar-refractivity contribution in [2.24, 2.45) is 0 Å². The molecule has 0 heterocycles. The van der Waals surface area contributed by atoms with Gasteiger partial charge in [-0.3, -0.25) is 0 Å². The predicted octanol–water partition coefficient (Wildman–Crippen LogP) is 1.78. The molecule has 0 saturated carbocycles. The Morgan fingerprint density at radius 1 is 0.824 bits per heavy atom. The third-order valence-electron chi connectivity index (χ3n) is 1.95. The first kappa shape index (κ1) is 19.1. The molecule has 0 aromatic heterocycles. The van der Waals surface area contributed by atoms with Crippen LogP contribution in [0, 0.1) is 0 Å². The molecular weight excluding hydrogens is 224 g/mol. The summed E-state index contributed by atoms with van der Waals surface area (Å²) in [6.07, 6.45) is -0.248. The fourth-order valence-electron chi connectivity index (χ4n) is 1.43. The molecule has 0 radical (unpaired) electrons. The minimum Gasteiger partial charge on any atom is -0.400 e. The second kappa shape index (κ2) is 12.3. The Hall–Kier alpha value is -0.200. The standard InChI is InChI=1S/C11H24O4.CH4O/c1-6-12-10(5)11(13-7-2,14-8-3)15-9-4;1-2/h10H,6-9H2,1-5H3;2H,1H3. The van der Waals surface area contributed by atoms with Crippen LogP contribution in [0.15, 0.2) is 0 Å². The van der Waals surface area contributed by atoms with Gasteiger partial charge in [-0.15, -0.1) is 0 Å². The van der Waals surface area contributed by atoms with E-state index in [9.17, 15) is 0 Å². The average Bonchev–Trinajstić information content (AvgIpc) is 2.33. The summed E-state index contributed by atoms with van der Waals surface area (Å²) in [5.74, 6) is -1.06. The van der Waals surface area contributed by atoms with Crippen LogP contribution in [0.1, 0.15) is 34.6 Å². The van der Waals surface area contributed by atoms with Crippen LogP contribution in [0.2, 0.25) is 0 Å². The van der Waals surface area contributed by atoms with Crippen LogP contribution in [0.4, 0.5) is 0 Å². The SMILES string of the molecule is CCOC(C)C(OCC)(OCC)OCC.CO. The van der Waals surface area contributed by atoms with E-state index < -0.39 is 5.97 Å². The van der Waals surface area contributed by atoms with E-state index in [1.807, 2.05) is 34.6 Å². The Kier molecular flexibility index (Phi) is 13.8. The van der Waals surface area contributed by atoms with Crippen LogP contribution in [-0.4, -0.2) is 50.7 Å². The second-order valence-electron chi connectivity index (χ2n) is 3.00. The van der Waals surface area contributed by atoms with Crippen molar-refractivity contribution in [1.29, 1.82) is 0 Å². The molecule has 0 aromatic rings. The van der Waals surface area contributed by atoms with Gasteiger partial charge in [-0.25, -0.2) is 0 Å². The molecule has 0 amide bonds. The molecule has 0 spiro atoms. The highest BCUT2D eigenvalue weighted by molar-refractivity contribution is 4.67. The Bertz CT molecular complexity index is 135. The van der Waals surface area contributed by atoms with E-state index in [0.717, 1.165) is 7.11 Å². The fraction of sp³-hybridized carbons (Fsp3) is 1.00. The van der Waals surface area contributed by atoms with Crippen molar-refractivity contribution >= 4 is 0 Å². The molecule has 5 nitrogen and oxygen atoms in total. The van der Waals surface area contributed by atoms with Crippen molar-refractivity contribution in [2.75, 3.05) is 33.5 Å². The van der Waals surface area contributed by atoms with E-state index in [2.05, 4.69) is 0 Å². The number of rotatable bonds is 9. The van der Waals surface area contributed by atoms with Gasteiger partial charge in [0.05, 0.1) is 0 Å². The van der Waals surface area contributed by atoms with E-state index in [-0.39, 0.29) is 6.10 Å². The molecule has 1 N–H and O–H groups in total. The second-order valence-corrected chi connectivity index (χ2v) is 3.00. The summed E-state index contributed by atoms with van der Waals surface area (Å²) in [6, 6.07) is 0. The number of aliphatic hydroxyl groups is 1. The maximum Gasteiger partial charge on any atom is 0.310 e. The van der Waals surface area contributed by atoms with Crippen LogP contribution in [0.25, 0.3) is 0 Å². The number of ether oxygens (including phenoxy) is 4. The lowest BCUT2D eigenvalue weighted by Crippen LogP contribution is -2.50. The smallest absolute Gasteiger partial charge is 0.310 e. The van der Waals surface area contributed by atoms with Crippen LogP contribution in [-0.2, 0) is 18.9 Å². The maximum absolute atomic E-state index is 7.00. The summed E-state index contributed by atoms with van der Waals surface area (Å²) >= 11 is 0. The Balaban J connectivity index is 0. The number of hydrogen-bond donors (Lipinski definition) is 1. The minimum atomic E-state index is -1.06. The van der Waals surface area contributed by atoms with Crippen molar-refractivity contribution in [3.63, 3.8) is 0 Å². The molecule has 5 heteroatoms. The van der Waals surface area contributed by atoms with Gasteiger partial charge in [0.15, 0.2) is 0 Å². The highest BCUT2D eigenvalue weighted by Gasteiger charge is 2.40. The zero-order chi connectivity index (χ0) is 13.7. The van der Waals surface area contributed by atoms with Gasteiger partial charge in [-0.2, -0.15) is 0 Å². The summed E-state index contributed by atoms with van der Waals surface area (Å²) in [7, 11) is 1.00. The van der Waals surface area contributed by atoms with Gasteiger partial charge < -0.3 is 24.1 Å². The third-order valence-corrected chi connectivity index (χ3v) is 1.95. The lowest BCUT2D eigenvalue weighted by molar-refractivity contribution is -0.411. The van der Waals surface area contributed by atoms with Gasteiger partial charge in [-0.05, 0) is 34.6 Å². The van der Waals surface area contributed by atoms with Crippen molar-refractivity contribution in [2.45, 2.75) is 46.7 Å². The van der Waals surface area contributed by atoms with Crippen LogP contribution in [0.3, 0.4) is 0 Å². The first-order valence-corrected chi connectivity index (χ1v) is 6.14. The van der Waals surface area contributed by atoms with E-state index in [1.165, 1.54) is 0 Å². The molecule has 0 fully saturated rings. The maximum atomic E-state index is 7.00. The van der Waals surface area contributed by atoms with Gasteiger partial charge in [0, 0.05) is 33.5 Å². The zero-order valence-electron chi connectivity index (χ0n) is 12.0.